The summed E-state index contributed by atoms with van der Waals surface area (Å²) >= 11 is 0. The zero-order chi connectivity index (χ0) is 30.6. The maximum Gasteiger partial charge on any atom is 0.408 e. The molecule has 1 saturated carbocycles. The zero-order valence-corrected chi connectivity index (χ0v) is 24.6. The lowest BCUT2D eigenvalue weighted by atomic mass is 9.99. The number of carbonyl (C=O) groups excluding carboxylic acids is 3. The van der Waals surface area contributed by atoms with Crippen LogP contribution in [0.5, 0.6) is 5.75 Å². The van der Waals surface area contributed by atoms with Gasteiger partial charge in [0.1, 0.15) is 23.4 Å². The summed E-state index contributed by atoms with van der Waals surface area (Å²) in [5.41, 5.74) is 0.947. The average Bonchev–Trinajstić information content (AvgIpc) is 3.80. The topological polar surface area (TPSA) is 108 Å². The van der Waals surface area contributed by atoms with Gasteiger partial charge in [-0.1, -0.05) is 78.9 Å². The van der Waals surface area contributed by atoms with Crippen molar-refractivity contribution in [2.24, 2.45) is 0 Å². The summed E-state index contributed by atoms with van der Waals surface area (Å²) in [6.07, 6.45) is 0.868. The number of anilines is 1. The maximum absolute atomic E-state index is 14.5. The lowest BCUT2D eigenvalue weighted by Crippen LogP contribution is -2.54. The largest absolute Gasteiger partial charge is 0.508 e. The fourth-order valence-electron chi connectivity index (χ4n) is 5.16. The van der Waals surface area contributed by atoms with Crippen LogP contribution in [-0.2, 0) is 20.7 Å². The molecule has 43 heavy (non-hydrogen) atoms. The molecule has 8 nitrogen and oxygen atoms in total. The Bertz CT molecular complexity index is 1610. The molecule has 0 aromatic heterocycles. The van der Waals surface area contributed by atoms with Gasteiger partial charge in [-0.2, -0.15) is 0 Å². The number of phenols is 1. The van der Waals surface area contributed by atoms with Gasteiger partial charge in [-0.15, -0.1) is 0 Å². The Labute approximate surface area is 251 Å². The number of hydrogen-bond acceptors (Lipinski definition) is 5. The van der Waals surface area contributed by atoms with Gasteiger partial charge in [0.05, 0.1) is 0 Å². The van der Waals surface area contributed by atoms with Crippen LogP contribution in [0.25, 0.3) is 10.8 Å². The third-order valence-corrected chi connectivity index (χ3v) is 7.24. The number of nitrogens with zero attached hydrogens (tertiary/aromatic N) is 1. The quantitative estimate of drug-likeness (QED) is 0.214. The van der Waals surface area contributed by atoms with Crippen molar-refractivity contribution in [3.8, 4) is 5.75 Å². The lowest BCUT2D eigenvalue weighted by Gasteiger charge is -2.35. The number of fused-ring (bicyclic) bond motifs is 1. The monoisotopic (exact) mass is 579 g/mol. The van der Waals surface area contributed by atoms with Crippen molar-refractivity contribution in [1.29, 1.82) is 0 Å². The number of alkyl carbamates (subject to hydrolysis) is 1. The smallest absolute Gasteiger partial charge is 0.408 e. The molecular weight excluding hydrogens is 542 g/mol. The Kier molecular flexibility index (Phi) is 8.66. The van der Waals surface area contributed by atoms with E-state index in [0.717, 1.165) is 16.3 Å². The molecule has 0 heterocycles. The van der Waals surface area contributed by atoms with Crippen LogP contribution in [0.3, 0.4) is 0 Å². The fourth-order valence-corrected chi connectivity index (χ4v) is 5.16. The minimum absolute atomic E-state index is 0.0978. The van der Waals surface area contributed by atoms with E-state index in [9.17, 15) is 19.5 Å². The number of ether oxygens (including phenoxy) is 1. The first-order valence-corrected chi connectivity index (χ1v) is 14.5. The molecule has 4 aromatic rings. The molecule has 0 radical (unpaired) electrons. The van der Waals surface area contributed by atoms with Crippen LogP contribution in [0.15, 0.2) is 97.1 Å². The summed E-state index contributed by atoms with van der Waals surface area (Å²) in [5.74, 6) is -0.994. The second-order valence-corrected chi connectivity index (χ2v) is 11.9. The summed E-state index contributed by atoms with van der Waals surface area (Å²) in [4.78, 5) is 43.1. The highest BCUT2D eigenvalue weighted by Crippen LogP contribution is 2.39. The van der Waals surface area contributed by atoms with Crippen molar-refractivity contribution >= 4 is 34.4 Å². The minimum atomic E-state index is -1.15. The van der Waals surface area contributed by atoms with Crippen LogP contribution >= 0.6 is 0 Å². The highest BCUT2D eigenvalue weighted by Gasteiger charge is 2.45. The number of rotatable bonds is 9. The highest BCUT2D eigenvalue weighted by atomic mass is 16.6. The highest BCUT2D eigenvalue weighted by molar-refractivity contribution is 6.01. The van der Waals surface area contributed by atoms with Crippen LogP contribution in [-0.4, -0.2) is 45.6 Å². The molecule has 8 heteroatoms. The third-order valence-electron chi connectivity index (χ3n) is 7.24. The molecule has 5 rings (SSSR count). The predicted octanol–water partition coefficient (Wildman–Crippen LogP) is 6.35. The molecule has 2 unspecified atom stereocenters. The molecule has 1 aliphatic rings. The van der Waals surface area contributed by atoms with Gasteiger partial charge in [0.25, 0.3) is 5.91 Å². The van der Waals surface area contributed by atoms with Crippen molar-refractivity contribution in [2.75, 3.05) is 5.32 Å². The van der Waals surface area contributed by atoms with Gasteiger partial charge in [0.15, 0.2) is 0 Å². The normalized spacial score (nSPS) is 14.4. The van der Waals surface area contributed by atoms with E-state index in [1.807, 2.05) is 72.8 Å². The maximum atomic E-state index is 14.5. The number of hydrogen-bond donors (Lipinski definition) is 3. The Hall–Kier alpha value is -4.85. The molecule has 0 saturated heterocycles. The molecule has 0 bridgehead atoms. The molecule has 1 aliphatic carbocycles. The molecule has 2 atom stereocenters. The average molecular weight is 580 g/mol. The van der Waals surface area contributed by atoms with Crippen molar-refractivity contribution < 1.29 is 24.2 Å². The fraction of sp³-hybridized carbons (Fsp3) is 0.286. The van der Waals surface area contributed by atoms with Crippen LogP contribution in [0.4, 0.5) is 10.5 Å². The first-order valence-electron chi connectivity index (χ1n) is 14.5. The number of carbonyl (C=O) groups is 3. The Morgan fingerprint density at radius 2 is 1.53 bits per heavy atom. The predicted molar refractivity (Wildman–Crippen MR) is 167 cm³/mol. The summed E-state index contributed by atoms with van der Waals surface area (Å²) < 4.78 is 5.50. The van der Waals surface area contributed by atoms with E-state index < -0.39 is 35.6 Å². The number of aromatic hydroxyl groups is 1. The molecular formula is C35H37N3O5. The molecule has 3 N–H and O–H groups in total. The van der Waals surface area contributed by atoms with Crippen molar-refractivity contribution in [3.63, 3.8) is 0 Å². The van der Waals surface area contributed by atoms with Crippen molar-refractivity contribution in [1.82, 2.24) is 10.2 Å². The van der Waals surface area contributed by atoms with Gasteiger partial charge in [0, 0.05) is 23.7 Å². The SMILES string of the molecule is CC(C)(C)OC(=O)NC(Cc1ccccc1)C(=O)N(C1CC1)C(C(=O)Nc1ccc2ccccc2c1)c1ccccc1O. The van der Waals surface area contributed by atoms with Gasteiger partial charge in [-0.05, 0) is 68.1 Å². The second-order valence-electron chi connectivity index (χ2n) is 11.9. The third kappa shape index (κ3) is 7.52. The molecule has 3 amide bonds. The van der Waals surface area contributed by atoms with E-state index in [-0.39, 0.29) is 18.2 Å². The number of nitrogens with one attached hydrogen (secondary N) is 2. The number of benzene rings is 4. The van der Waals surface area contributed by atoms with Crippen LogP contribution in [0, 0.1) is 0 Å². The summed E-state index contributed by atoms with van der Waals surface area (Å²) in [7, 11) is 0. The van der Waals surface area contributed by atoms with E-state index >= 15 is 0 Å². The number of para-hydroxylation sites is 1. The van der Waals surface area contributed by atoms with E-state index in [1.54, 1.807) is 39.0 Å². The molecule has 222 valence electrons. The van der Waals surface area contributed by atoms with E-state index in [1.165, 1.54) is 11.0 Å². The first-order chi connectivity index (χ1) is 20.6. The molecule has 0 spiro atoms. The van der Waals surface area contributed by atoms with E-state index in [2.05, 4.69) is 10.6 Å². The van der Waals surface area contributed by atoms with Crippen molar-refractivity contribution in [2.45, 2.75) is 63.8 Å². The minimum Gasteiger partial charge on any atom is -0.508 e. The summed E-state index contributed by atoms with van der Waals surface area (Å²) in [6, 6.07) is 27.0. The van der Waals surface area contributed by atoms with Crippen LogP contribution < -0.4 is 10.6 Å². The van der Waals surface area contributed by atoms with Gasteiger partial charge in [-0.25, -0.2) is 4.79 Å². The van der Waals surface area contributed by atoms with Crippen LogP contribution in [0.2, 0.25) is 0 Å². The molecule has 0 aliphatic heterocycles. The standard InChI is InChI=1S/C35H37N3O5/c1-35(2,3)43-34(42)37-29(21-23-11-5-4-6-12-23)33(41)38(27-19-20-27)31(28-15-9-10-16-30(28)39)32(40)36-26-18-17-24-13-7-8-14-25(24)22-26/h4-18,22,27,29,31,39H,19-21H2,1-3H3,(H,36,40)(H,37,42). The zero-order valence-electron chi connectivity index (χ0n) is 24.6. The van der Waals surface area contributed by atoms with E-state index in [4.69, 9.17) is 4.74 Å². The number of amides is 3. The van der Waals surface area contributed by atoms with E-state index in [0.29, 0.717) is 24.1 Å². The molecule has 4 aromatic carbocycles. The van der Waals surface area contributed by atoms with Gasteiger partial charge in [-0.3, -0.25) is 9.59 Å². The van der Waals surface area contributed by atoms with Crippen molar-refractivity contribution in [3.05, 3.63) is 108 Å². The Balaban J connectivity index is 1.51. The number of phenolic OH excluding ortho intramolecular Hbond substituents is 1. The Morgan fingerprint density at radius 3 is 2.21 bits per heavy atom. The lowest BCUT2D eigenvalue weighted by molar-refractivity contribution is -0.141. The summed E-state index contributed by atoms with van der Waals surface area (Å²) in [6.45, 7) is 5.26. The molecule has 1 fully saturated rings. The van der Waals surface area contributed by atoms with Gasteiger partial charge >= 0.3 is 6.09 Å². The van der Waals surface area contributed by atoms with Gasteiger partial charge < -0.3 is 25.4 Å². The second kappa shape index (κ2) is 12.6. The first kappa shape index (κ1) is 29.6. The van der Waals surface area contributed by atoms with Crippen LogP contribution in [0.1, 0.15) is 50.8 Å². The van der Waals surface area contributed by atoms with Gasteiger partial charge in [0.2, 0.25) is 5.91 Å². The Morgan fingerprint density at radius 1 is 0.884 bits per heavy atom. The summed E-state index contributed by atoms with van der Waals surface area (Å²) in [5, 5.41) is 18.6.